The molecule has 4 nitrogen and oxygen atoms in total. The van der Waals surface area contributed by atoms with E-state index in [1.54, 1.807) is 11.3 Å². The van der Waals surface area contributed by atoms with Gasteiger partial charge in [-0.2, -0.15) is 0 Å². The largest absolute Gasteiger partial charge is 0.308 e. The Hall–Kier alpha value is -1.20. The summed E-state index contributed by atoms with van der Waals surface area (Å²) in [5.41, 5.74) is 2.86. The first kappa shape index (κ1) is 9.99. The van der Waals surface area contributed by atoms with Crippen LogP contribution in [0.3, 0.4) is 0 Å². The maximum absolute atomic E-state index is 5.52. The van der Waals surface area contributed by atoms with Gasteiger partial charge in [0.25, 0.3) is 0 Å². The number of fused-ring (bicyclic) bond motifs is 1. The lowest BCUT2D eigenvalue weighted by atomic mass is 10.1. The van der Waals surface area contributed by atoms with E-state index in [0.29, 0.717) is 0 Å². The molecule has 2 aromatic heterocycles. The number of anilines is 1. The van der Waals surface area contributed by atoms with Crippen LogP contribution in [0.4, 0.5) is 5.82 Å². The van der Waals surface area contributed by atoms with Crippen molar-refractivity contribution in [3.8, 4) is 0 Å². The van der Waals surface area contributed by atoms with E-state index in [1.807, 2.05) is 0 Å². The topological polar surface area (TPSA) is 63.8 Å². The van der Waals surface area contributed by atoms with Crippen LogP contribution in [0.5, 0.6) is 0 Å². The van der Waals surface area contributed by atoms with E-state index >= 15 is 0 Å². The highest BCUT2D eigenvalue weighted by molar-refractivity contribution is 7.18. The molecule has 2 aromatic rings. The number of hydrogen-bond acceptors (Lipinski definition) is 5. The molecule has 1 saturated carbocycles. The van der Waals surface area contributed by atoms with E-state index in [4.69, 9.17) is 5.84 Å². The van der Waals surface area contributed by atoms with Crippen molar-refractivity contribution in [3.05, 3.63) is 16.8 Å². The number of thiophene rings is 1. The van der Waals surface area contributed by atoms with Gasteiger partial charge >= 0.3 is 0 Å². The van der Waals surface area contributed by atoms with Crippen LogP contribution >= 0.6 is 11.3 Å². The third kappa shape index (κ3) is 1.39. The number of nitrogens with one attached hydrogen (secondary N) is 1. The molecule has 0 saturated heterocycles. The molecule has 0 bridgehead atoms. The van der Waals surface area contributed by atoms with Gasteiger partial charge < -0.3 is 5.43 Å². The molecule has 1 aliphatic rings. The Balaban J connectivity index is 2.25. The molecule has 1 aliphatic carbocycles. The van der Waals surface area contributed by atoms with Gasteiger partial charge in [-0.3, -0.25) is 0 Å². The summed E-state index contributed by atoms with van der Waals surface area (Å²) in [5, 5.41) is 1.03. The molecule has 3 rings (SSSR count). The molecule has 0 amide bonds. The summed E-state index contributed by atoms with van der Waals surface area (Å²) in [4.78, 5) is 11.4. The fourth-order valence-corrected chi connectivity index (χ4v) is 2.71. The van der Waals surface area contributed by atoms with Gasteiger partial charge in [0.2, 0.25) is 0 Å². The number of aryl methyl sites for hydroxylation is 1. The van der Waals surface area contributed by atoms with Crippen LogP contribution in [0.25, 0.3) is 10.2 Å². The van der Waals surface area contributed by atoms with Gasteiger partial charge in [-0.05, 0) is 25.8 Å². The lowest BCUT2D eigenvalue weighted by Crippen LogP contribution is -2.13. The van der Waals surface area contributed by atoms with Crippen molar-refractivity contribution >= 4 is 27.4 Å². The third-order valence-electron chi connectivity index (χ3n) is 3.19. The predicted molar refractivity (Wildman–Crippen MR) is 66.5 cm³/mol. The highest BCUT2D eigenvalue weighted by atomic mass is 32.1. The van der Waals surface area contributed by atoms with E-state index in [0.717, 1.165) is 21.9 Å². The molecule has 84 valence electrons. The monoisotopic (exact) mass is 234 g/mol. The Labute approximate surface area is 97.9 Å². The smallest absolute Gasteiger partial charge is 0.152 e. The normalized spacial score (nSPS) is 17.7. The second kappa shape index (κ2) is 3.15. The quantitative estimate of drug-likeness (QED) is 0.618. The first-order chi connectivity index (χ1) is 7.62. The molecule has 0 atom stereocenters. The predicted octanol–water partition coefficient (Wildman–Crippen LogP) is 2.34. The maximum Gasteiger partial charge on any atom is 0.152 e. The van der Waals surface area contributed by atoms with Crippen LogP contribution in [0.2, 0.25) is 0 Å². The molecule has 3 N–H and O–H groups in total. The summed E-state index contributed by atoms with van der Waals surface area (Å²) in [6, 6.07) is 2.08. The summed E-state index contributed by atoms with van der Waals surface area (Å²) in [5.74, 6) is 7.20. The summed E-state index contributed by atoms with van der Waals surface area (Å²) in [6.07, 6.45) is 2.35. The Bertz CT molecular complexity index is 556. The second-order valence-corrected chi connectivity index (χ2v) is 5.91. The van der Waals surface area contributed by atoms with E-state index < -0.39 is 0 Å². The lowest BCUT2D eigenvalue weighted by molar-refractivity contribution is 0.717. The molecule has 5 heteroatoms. The van der Waals surface area contributed by atoms with Crippen LogP contribution in [-0.4, -0.2) is 9.97 Å². The minimum Gasteiger partial charge on any atom is -0.308 e. The van der Waals surface area contributed by atoms with Crippen molar-refractivity contribution in [3.63, 3.8) is 0 Å². The number of aromatic nitrogens is 2. The fourth-order valence-electron chi connectivity index (χ4n) is 1.83. The molecule has 16 heavy (non-hydrogen) atoms. The zero-order valence-electron chi connectivity index (χ0n) is 9.37. The minimum atomic E-state index is 0.178. The van der Waals surface area contributed by atoms with Crippen LogP contribution in [0, 0.1) is 6.92 Å². The molecule has 0 radical (unpaired) electrons. The summed E-state index contributed by atoms with van der Waals surface area (Å²) in [6.45, 7) is 4.28. The van der Waals surface area contributed by atoms with Crippen LogP contribution in [0.1, 0.15) is 30.5 Å². The number of hydrogen-bond donors (Lipinski definition) is 2. The van der Waals surface area contributed by atoms with Gasteiger partial charge in [0.1, 0.15) is 10.7 Å². The van der Waals surface area contributed by atoms with Crippen LogP contribution < -0.4 is 11.3 Å². The zero-order valence-corrected chi connectivity index (χ0v) is 10.2. The number of rotatable bonds is 2. The molecule has 1 fully saturated rings. The molecule has 0 aliphatic heterocycles. The molecule has 2 heterocycles. The number of nitrogen functional groups attached to an aromatic ring is 1. The Morgan fingerprint density at radius 3 is 2.81 bits per heavy atom. The third-order valence-corrected chi connectivity index (χ3v) is 4.14. The molecule has 0 spiro atoms. The van der Waals surface area contributed by atoms with Crippen molar-refractivity contribution in [2.75, 3.05) is 5.43 Å². The zero-order chi connectivity index (χ0) is 11.3. The Morgan fingerprint density at radius 1 is 1.44 bits per heavy atom. The average Bonchev–Trinajstić information content (AvgIpc) is 2.89. The summed E-state index contributed by atoms with van der Waals surface area (Å²) in [7, 11) is 0. The van der Waals surface area contributed by atoms with Gasteiger partial charge in [-0.1, -0.05) is 6.92 Å². The number of hydrazine groups is 1. The van der Waals surface area contributed by atoms with E-state index in [-0.39, 0.29) is 5.41 Å². The van der Waals surface area contributed by atoms with Crippen molar-refractivity contribution in [2.45, 2.75) is 32.1 Å². The van der Waals surface area contributed by atoms with E-state index in [9.17, 15) is 0 Å². The van der Waals surface area contributed by atoms with Crippen molar-refractivity contribution in [2.24, 2.45) is 5.84 Å². The number of nitrogens with zero attached hydrogens (tertiary/aromatic N) is 2. The van der Waals surface area contributed by atoms with Crippen molar-refractivity contribution < 1.29 is 0 Å². The lowest BCUT2D eigenvalue weighted by Gasteiger charge is -2.09. The Morgan fingerprint density at radius 2 is 2.19 bits per heavy atom. The first-order valence-electron chi connectivity index (χ1n) is 5.38. The standard InChI is InChI=1S/C11H14N4S/c1-6-5-7-8(15-12)13-10(11(2)3-4-11)14-9(7)16-6/h5H,3-4,12H2,1-2H3,(H,13,14,15). The molecular formula is C11H14N4S. The van der Waals surface area contributed by atoms with Gasteiger partial charge in [0, 0.05) is 10.3 Å². The molecule has 0 unspecified atom stereocenters. The van der Waals surface area contributed by atoms with Gasteiger partial charge in [-0.25, -0.2) is 15.8 Å². The van der Waals surface area contributed by atoms with Gasteiger partial charge in [0.15, 0.2) is 5.82 Å². The van der Waals surface area contributed by atoms with Crippen LogP contribution in [0.15, 0.2) is 6.07 Å². The summed E-state index contributed by atoms with van der Waals surface area (Å²) >= 11 is 1.69. The minimum absolute atomic E-state index is 0.178. The maximum atomic E-state index is 5.52. The number of nitrogens with two attached hydrogens (primary N) is 1. The van der Waals surface area contributed by atoms with Crippen LogP contribution in [-0.2, 0) is 5.41 Å². The van der Waals surface area contributed by atoms with E-state index in [2.05, 4.69) is 35.3 Å². The van der Waals surface area contributed by atoms with Crippen molar-refractivity contribution in [1.29, 1.82) is 0 Å². The highest BCUT2D eigenvalue weighted by Gasteiger charge is 2.42. The Kier molecular flexibility index (Phi) is 1.96. The van der Waals surface area contributed by atoms with Gasteiger partial charge in [-0.15, -0.1) is 11.3 Å². The summed E-state index contributed by atoms with van der Waals surface area (Å²) < 4.78 is 0. The fraction of sp³-hybridized carbons (Fsp3) is 0.455. The second-order valence-electron chi connectivity index (χ2n) is 4.68. The molecular weight excluding hydrogens is 220 g/mol. The first-order valence-corrected chi connectivity index (χ1v) is 6.19. The van der Waals surface area contributed by atoms with E-state index in [1.165, 1.54) is 17.7 Å². The molecule has 0 aromatic carbocycles. The van der Waals surface area contributed by atoms with Crippen molar-refractivity contribution in [1.82, 2.24) is 9.97 Å². The average molecular weight is 234 g/mol. The van der Waals surface area contributed by atoms with Gasteiger partial charge in [0.05, 0.1) is 5.39 Å². The highest BCUT2D eigenvalue weighted by Crippen LogP contribution is 2.47. The SMILES string of the molecule is Cc1cc2c(NN)nc(C3(C)CC3)nc2s1.